The van der Waals surface area contributed by atoms with Gasteiger partial charge in [-0.25, -0.2) is 4.79 Å². The predicted octanol–water partition coefficient (Wildman–Crippen LogP) is 2.49. The Morgan fingerprint density at radius 2 is 1.85 bits per heavy atom. The lowest BCUT2D eigenvalue weighted by Crippen LogP contribution is -2.41. The first-order valence-electron chi connectivity index (χ1n) is 6.19. The molecule has 1 aromatic carbocycles. The zero-order valence-corrected chi connectivity index (χ0v) is 13.2. The Kier molecular flexibility index (Phi) is 7.54. The Labute approximate surface area is 127 Å². The highest BCUT2D eigenvalue weighted by Crippen LogP contribution is 2.11. The van der Waals surface area contributed by atoms with E-state index >= 15 is 0 Å². The van der Waals surface area contributed by atoms with Crippen molar-refractivity contribution >= 4 is 35.4 Å². The molecule has 6 heteroatoms. The number of carboxylic acids is 1. The maximum Gasteiger partial charge on any atom is 0.326 e. The second-order valence-electron chi connectivity index (χ2n) is 4.28. The molecule has 1 amide bonds. The van der Waals surface area contributed by atoms with Gasteiger partial charge in [-0.3, -0.25) is 4.79 Å². The lowest BCUT2D eigenvalue weighted by molar-refractivity contribution is -0.139. The summed E-state index contributed by atoms with van der Waals surface area (Å²) in [6.07, 6.45) is 4.35. The number of thioether (sulfide) groups is 2. The molecule has 0 spiro atoms. The van der Waals surface area contributed by atoms with Gasteiger partial charge in [0.15, 0.2) is 0 Å². The van der Waals surface area contributed by atoms with Crippen molar-refractivity contribution in [2.24, 2.45) is 0 Å². The van der Waals surface area contributed by atoms with Crippen LogP contribution in [-0.2, 0) is 10.5 Å². The normalized spacial score (nSPS) is 11.9. The molecule has 0 aliphatic rings. The average Bonchev–Trinajstić information content (AvgIpc) is 2.44. The van der Waals surface area contributed by atoms with Crippen LogP contribution in [0.25, 0.3) is 0 Å². The number of nitrogens with one attached hydrogen (secondary N) is 1. The summed E-state index contributed by atoms with van der Waals surface area (Å²) in [5.74, 6) is 0.262. The highest BCUT2D eigenvalue weighted by molar-refractivity contribution is 7.98. The van der Waals surface area contributed by atoms with Crippen molar-refractivity contribution in [1.29, 1.82) is 0 Å². The molecule has 0 saturated carbocycles. The van der Waals surface area contributed by atoms with Crippen molar-refractivity contribution in [1.82, 2.24) is 5.32 Å². The Balaban J connectivity index is 2.65. The van der Waals surface area contributed by atoms with Crippen LogP contribution in [0.2, 0.25) is 0 Å². The van der Waals surface area contributed by atoms with Crippen molar-refractivity contribution in [3.05, 3.63) is 35.4 Å². The van der Waals surface area contributed by atoms with Crippen LogP contribution in [0, 0.1) is 0 Å². The van der Waals surface area contributed by atoms with Gasteiger partial charge in [0, 0.05) is 11.3 Å². The van der Waals surface area contributed by atoms with Gasteiger partial charge in [-0.05, 0) is 42.4 Å². The van der Waals surface area contributed by atoms with Gasteiger partial charge in [0.25, 0.3) is 5.91 Å². The second-order valence-corrected chi connectivity index (χ2v) is 6.13. The molecule has 1 aromatic rings. The number of hydrogen-bond acceptors (Lipinski definition) is 4. The number of carbonyl (C=O) groups is 2. The van der Waals surface area contributed by atoms with Gasteiger partial charge >= 0.3 is 5.97 Å². The molecule has 4 nitrogen and oxygen atoms in total. The minimum Gasteiger partial charge on any atom is -0.480 e. The number of aliphatic carboxylic acids is 1. The van der Waals surface area contributed by atoms with E-state index in [-0.39, 0.29) is 5.91 Å². The monoisotopic (exact) mass is 313 g/mol. The Morgan fingerprint density at radius 3 is 2.35 bits per heavy atom. The van der Waals surface area contributed by atoms with Gasteiger partial charge in [-0.15, -0.1) is 0 Å². The molecule has 0 heterocycles. The third-order valence-corrected chi connectivity index (χ3v) is 4.01. The molecular weight excluding hydrogens is 294 g/mol. The molecule has 2 N–H and O–H groups in total. The Bertz CT molecular complexity index is 448. The highest BCUT2D eigenvalue weighted by atomic mass is 32.2. The third kappa shape index (κ3) is 5.46. The first kappa shape index (κ1) is 16.9. The van der Waals surface area contributed by atoms with Crippen LogP contribution >= 0.6 is 23.5 Å². The molecule has 0 saturated heterocycles. The molecule has 1 rings (SSSR count). The van der Waals surface area contributed by atoms with Crippen LogP contribution in [0.15, 0.2) is 24.3 Å². The molecule has 0 radical (unpaired) electrons. The fraction of sp³-hybridized carbons (Fsp3) is 0.429. The van der Waals surface area contributed by atoms with E-state index in [4.69, 9.17) is 5.11 Å². The fourth-order valence-electron chi connectivity index (χ4n) is 1.65. The lowest BCUT2D eigenvalue weighted by atomic mass is 10.1. The van der Waals surface area contributed by atoms with Gasteiger partial charge in [0.05, 0.1) is 0 Å². The largest absolute Gasteiger partial charge is 0.480 e. The summed E-state index contributed by atoms with van der Waals surface area (Å²) in [6.45, 7) is 0. The van der Waals surface area contributed by atoms with Crippen LogP contribution in [0.1, 0.15) is 22.3 Å². The summed E-state index contributed by atoms with van der Waals surface area (Å²) < 4.78 is 0. The number of benzene rings is 1. The van der Waals surface area contributed by atoms with E-state index in [2.05, 4.69) is 5.32 Å². The minimum atomic E-state index is -0.994. The molecule has 1 atom stereocenters. The molecule has 0 aliphatic heterocycles. The van der Waals surface area contributed by atoms with E-state index < -0.39 is 12.0 Å². The Morgan fingerprint density at radius 1 is 1.20 bits per heavy atom. The number of hydrogen-bond donors (Lipinski definition) is 2. The van der Waals surface area contributed by atoms with E-state index in [1.54, 1.807) is 35.7 Å². The maximum atomic E-state index is 12.0. The van der Waals surface area contributed by atoms with Crippen molar-refractivity contribution in [3.63, 3.8) is 0 Å². The summed E-state index contributed by atoms with van der Waals surface area (Å²) >= 11 is 3.27. The summed E-state index contributed by atoms with van der Waals surface area (Å²) in [7, 11) is 0. The van der Waals surface area contributed by atoms with Crippen LogP contribution in [-0.4, -0.2) is 41.3 Å². The first-order valence-corrected chi connectivity index (χ1v) is 8.97. The van der Waals surface area contributed by atoms with E-state index in [1.807, 2.05) is 24.6 Å². The van der Waals surface area contributed by atoms with Crippen molar-refractivity contribution < 1.29 is 14.7 Å². The topological polar surface area (TPSA) is 66.4 Å². The van der Waals surface area contributed by atoms with Crippen molar-refractivity contribution in [2.75, 3.05) is 18.3 Å². The predicted molar refractivity (Wildman–Crippen MR) is 85.6 cm³/mol. The number of rotatable bonds is 8. The fourth-order valence-corrected chi connectivity index (χ4v) is 2.65. The smallest absolute Gasteiger partial charge is 0.326 e. The van der Waals surface area contributed by atoms with Crippen molar-refractivity contribution in [3.8, 4) is 0 Å². The molecule has 110 valence electrons. The maximum absolute atomic E-state index is 12.0. The molecule has 0 aliphatic carbocycles. The van der Waals surface area contributed by atoms with Crippen molar-refractivity contribution in [2.45, 2.75) is 18.2 Å². The molecule has 0 aromatic heterocycles. The molecule has 0 bridgehead atoms. The SMILES string of the molecule is CSCC[C@H](NC(=O)c1ccc(CSC)cc1)C(=O)O. The third-order valence-electron chi connectivity index (χ3n) is 2.74. The minimum absolute atomic E-state index is 0.339. The number of carbonyl (C=O) groups excluding carboxylic acids is 1. The summed E-state index contributed by atoms with van der Waals surface area (Å²) in [4.78, 5) is 23.1. The summed E-state index contributed by atoms with van der Waals surface area (Å²) in [5, 5.41) is 11.6. The quantitative estimate of drug-likeness (QED) is 0.772. The van der Waals surface area contributed by atoms with Crippen LogP contribution < -0.4 is 5.32 Å². The van der Waals surface area contributed by atoms with E-state index in [0.29, 0.717) is 17.7 Å². The van der Waals surface area contributed by atoms with Gasteiger partial charge in [0.2, 0.25) is 0 Å². The van der Waals surface area contributed by atoms with Gasteiger partial charge in [0.1, 0.15) is 6.04 Å². The van der Waals surface area contributed by atoms with Gasteiger partial charge in [-0.2, -0.15) is 23.5 Å². The highest BCUT2D eigenvalue weighted by Gasteiger charge is 2.19. The van der Waals surface area contributed by atoms with Gasteiger partial charge in [-0.1, -0.05) is 12.1 Å². The number of amides is 1. The van der Waals surface area contributed by atoms with E-state index in [1.165, 1.54) is 0 Å². The average molecular weight is 313 g/mol. The lowest BCUT2D eigenvalue weighted by Gasteiger charge is -2.14. The summed E-state index contributed by atoms with van der Waals surface area (Å²) in [6, 6.07) is 6.41. The summed E-state index contributed by atoms with van der Waals surface area (Å²) in [5.41, 5.74) is 1.64. The van der Waals surface area contributed by atoms with E-state index in [0.717, 1.165) is 11.3 Å². The first-order chi connectivity index (χ1) is 9.58. The zero-order valence-electron chi connectivity index (χ0n) is 11.6. The zero-order chi connectivity index (χ0) is 15.0. The molecule has 0 unspecified atom stereocenters. The van der Waals surface area contributed by atoms with Gasteiger partial charge < -0.3 is 10.4 Å². The Hall–Kier alpha value is -1.14. The molecule has 0 fully saturated rings. The van der Waals surface area contributed by atoms with Crippen LogP contribution in [0.3, 0.4) is 0 Å². The van der Waals surface area contributed by atoms with Crippen LogP contribution in [0.5, 0.6) is 0 Å². The standard InChI is InChI=1S/C14H19NO3S2/c1-19-8-7-12(14(17)18)15-13(16)11-5-3-10(4-6-11)9-20-2/h3-6,12H,7-9H2,1-2H3,(H,15,16)(H,17,18)/t12-/m0/s1. The van der Waals surface area contributed by atoms with E-state index in [9.17, 15) is 9.59 Å². The van der Waals surface area contributed by atoms with Crippen LogP contribution in [0.4, 0.5) is 0 Å². The molecule has 20 heavy (non-hydrogen) atoms. The molecular formula is C14H19NO3S2. The number of carboxylic acid groups (broad SMARTS) is 1. The second kappa shape index (κ2) is 8.92.